The molecule has 162 valence electrons. The number of hydrogen-bond donors (Lipinski definition) is 3. The normalized spacial score (nSPS) is 19.9. The van der Waals surface area contributed by atoms with E-state index in [9.17, 15) is 9.90 Å². The topological polar surface area (TPSA) is 70.6 Å². The first kappa shape index (κ1) is 20.5. The van der Waals surface area contributed by atoms with Crippen LogP contribution >= 0.6 is 11.6 Å². The summed E-state index contributed by atoms with van der Waals surface area (Å²) in [6.07, 6.45) is 1.04. The predicted octanol–water partition coefficient (Wildman–Crippen LogP) is 6.03. The Morgan fingerprint density at radius 3 is 2.50 bits per heavy atom. The summed E-state index contributed by atoms with van der Waals surface area (Å²) in [6.45, 7) is 0. The molecule has 5 rings (SSSR count). The number of hydrogen-bond acceptors (Lipinski definition) is 5. The van der Waals surface area contributed by atoms with Crippen LogP contribution in [0.3, 0.4) is 0 Å². The van der Waals surface area contributed by atoms with Crippen LogP contribution in [-0.2, 0) is 4.79 Å². The molecule has 32 heavy (non-hydrogen) atoms. The van der Waals surface area contributed by atoms with E-state index in [1.807, 2.05) is 54.6 Å². The molecule has 6 heteroatoms. The van der Waals surface area contributed by atoms with Crippen LogP contribution in [0.25, 0.3) is 0 Å². The van der Waals surface area contributed by atoms with Crippen molar-refractivity contribution in [3.8, 4) is 11.5 Å². The Labute approximate surface area is 191 Å². The van der Waals surface area contributed by atoms with Gasteiger partial charge < -0.3 is 20.5 Å². The molecular formula is C26H23ClN2O3. The number of methoxy groups -OCH3 is 1. The summed E-state index contributed by atoms with van der Waals surface area (Å²) in [6, 6.07) is 20.4. The lowest BCUT2D eigenvalue weighted by atomic mass is 9.78. The third kappa shape index (κ3) is 3.59. The number of allylic oxidation sites excluding steroid dienone is 1. The Morgan fingerprint density at radius 2 is 1.75 bits per heavy atom. The molecule has 0 spiro atoms. The second kappa shape index (κ2) is 8.24. The molecule has 2 aliphatic rings. The standard InChI is InChI=1S/C26H23ClN2O3/c1-32-24-11-10-15(13-22(24)30)26-25-21(28-19-8-4-5-9-20(19)29-26)12-16(14-23(25)31)17-6-2-3-7-18(17)27/h2-11,13,16,26,28-30H,12,14H2,1H3/t16-,26+/m0/s1. The zero-order valence-electron chi connectivity index (χ0n) is 17.6. The Bertz CT molecular complexity index is 1240. The molecule has 0 bridgehead atoms. The van der Waals surface area contributed by atoms with Crippen molar-refractivity contribution in [3.63, 3.8) is 0 Å². The zero-order valence-corrected chi connectivity index (χ0v) is 18.3. The smallest absolute Gasteiger partial charge is 0.163 e. The number of aromatic hydroxyl groups is 1. The highest BCUT2D eigenvalue weighted by Crippen LogP contribution is 2.46. The second-order valence-electron chi connectivity index (χ2n) is 8.12. The molecule has 2 atom stereocenters. The molecule has 3 N–H and O–H groups in total. The average Bonchev–Trinajstić information content (AvgIpc) is 2.96. The van der Waals surface area contributed by atoms with Gasteiger partial charge in [0.1, 0.15) is 0 Å². The van der Waals surface area contributed by atoms with Gasteiger partial charge in [0.05, 0.1) is 24.5 Å². The van der Waals surface area contributed by atoms with E-state index in [0.29, 0.717) is 29.2 Å². The van der Waals surface area contributed by atoms with Crippen molar-refractivity contribution >= 4 is 28.8 Å². The second-order valence-corrected chi connectivity index (χ2v) is 8.53. The van der Waals surface area contributed by atoms with Crippen molar-refractivity contribution in [1.29, 1.82) is 0 Å². The van der Waals surface area contributed by atoms with Gasteiger partial charge in [0.25, 0.3) is 0 Å². The number of phenolic OH excluding ortho intramolecular Hbond substituents is 1. The number of phenols is 1. The van der Waals surface area contributed by atoms with Crippen molar-refractivity contribution in [2.75, 3.05) is 17.7 Å². The molecule has 3 aromatic carbocycles. The van der Waals surface area contributed by atoms with Gasteiger partial charge in [-0.25, -0.2) is 0 Å². The first-order chi connectivity index (χ1) is 15.5. The molecule has 0 unspecified atom stereocenters. The van der Waals surface area contributed by atoms with Crippen molar-refractivity contribution in [2.24, 2.45) is 0 Å². The molecule has 1 heterocycles. The van der Waals surface area contributed by atoms with Crippen LogP contribution in [0.15, 0.2) is 78.0 Å². The lowest BCUT2D eigenvalue weighted by Gasteiger charge is -2.30. The number of carbonyl (C=O) groups excluding carboxylic acids is 1. The monoisotopic (exact) mass is 446 g/mol. The molecule has 0 saturated heterocycles. The van der Waals surface area contributed by atoms with Crippen LogP contribution in [0.5, 0.6) is 11.5 Å². The number of ether oxygens (including phenoxy) is 1. The maximum atomic E-state index is 13.6. The van der Waals surface area contributed by atoms with Gasteiger partial charge in [0, 0.05) is 22.7 Å². The molecule has 1 aliphatic heterocycles. The van der Waals surface area contributed by atoms with Crippen LogP contribution in [0.4, 0.5) is 11.4 Å². The lowest BCUT2D eigenvalue weighted by molar-refractivity contribution is -0.116. The molecule has 0 aromatic heterocycles. The quantitative estimate of drug-likeness (QED) is 0.458. The van der Waals surface area contributed by atoms with Crippen molar-refractivity contribution in [3.05, 3.63) is 94.1 Å². The third-order valence-electron chi connectivity index (χ3n) is 6.19. The van der Waals surface area contributed by atoms with E-state index in [2.05, 4.69) is 10.6 Å². The fraction of sp³-hybridized carbons (Fsp3) is 0.192. The van der Waals surface area contributed by atoms with Crippen LogP contribution < -0.4 is 15.4 Å². The lowest BCUT2D eigenvalue weighted by Crippen LogP contribution is -2.27. The van der Waals surface area contributed by atoms with Gasteiger partial charge in [0.15, 0.2) is 17.3 Å². The number of benzene rings is 3. The molecule has 0 fully saturated rings. The fourth-order valence-corrected chi connectivity index (χ4v) is 4.95. The molecular weight excluding hydrogens is 424 g/mol. The van der Waals surface area contributed by atoms with Gasteiger partial charge in [-0.1, -0.05) is 48.0 Å². The van der Waals surface area contributed by atoms with Crippen molar-refractivity contribution in [1.82, 2.24) is 0 Å². The first-order valence-electron chi connectivity index (χ1n) is 10.6. The maximum Gasteiger partial charge on any atom is 0.163 e. The van der Waals surface area contributed by atoms with Gasteiger partial charge in [0.2, 0.25) is 0 Å². The molecule has 0 radical (unpaired) electrons. The predicted molar refractivity (Wildman–Crippen MR) is 127 cm³/mol. The molecule has 0 amide bonds. The Kier molecular flexibility index (Phi) is 5.27. The summed E-state index contributed by atoms with van der Waals surface area (Å²) in [7, 11) is 1.51. The number of anilines is 2. The van der Waals surface area contributed by atoms with Gasteiger partial charge in [-0.3, -0.25) is 4.79 Å². The van der Waals surface area contributed by atoms with Gasteiger partial charge >= 0.3 is 0 Å². The van der Waals surface area contributed by atoms with E-state index < -0.39 is 6.04 Å². The number of nitrogens with one attached hydrogen (secondary N) is 2. The summed E-state index contributed by atoms with van der Waals surface area (Å²) in [5.41, 5.74) is 5.15. The largest absolute Gasteiger partial charge is 0.504 e. The Morgan fingerprint density at radius 1 is 1.00 bits per heavy atom. The van der Waals surface area contributed by atoms with E-state index in [0.717, 1.165) is 28.2 Å². The number of fused-ring (bicyclic) bond motifs is 1. The fourth-order valence-electron chi connectivity index (χ4n) is 4.66. The average molecular weight is 447 g/mol. The number of para-hydroxylation sites is 2. The van der Waals surface area contributed by atoms with E-state index in [1.165, 1.54) is 7.11 Å². The third-order valence-corrected chi connectivity index (χ3v) is 6.53. The minimum atomic E-state index is -0.405. The highest BCUT2D eigenvalue weighted by Gasteiger charge is 2.36. The van der Waals surface area contributed by atoms with E-state index in [4.69, 9.17) is 16.3 Å². The molecule has 0 saturated carbocycles. The summed E-state index contributed by atoms with van der Waals surface area (Å²) in [5, 5.41) is 18.1. The van der Waals surface area contributed by atoms with Crippen LogP contribution in [0.1, 0.15) is 35.9 Å². The highest BCUT2D eigenvalue weighted by atomic mass is 35.5. The summed E-state index contributed by atoms with van der Waals surface area (Å²) >= 11 is 6.46. The number of ketones is 1. The van der Waals surface area contributed by atoms with Crippen LogP contribution in [0, 0.1) is 0 Å². The first-order valence-corrected chi connectivity index (χ1v) is 10.9. The number of halogens is 1. The van der Waals surface area contributed by atoms with Crippen molar-refractivity contribution in [2.45, 2.75) is 24.8 Å². The minimum absolute atomic E-state index is 0.00219. The highest BCUT2D eigenvalue weighted by molar-refractivity contribution is 6.31. The SMILES string of the molecule is COc1ccc([C@H]2Nc3ccccc3NC3=C2C(=O)C[C@@H](c2ccccc2Cl)C3)cc1O. The van der Waals surface area contributed by atoms with Crippen LogP contribution in [0.2, 0.25) is 5.02 Å². The molecule has 1 aliphatic carbocycles. The van der Waals surface area contributed by atoms with Gasteiger partial charge in [-0.2, -0.15) is 0 Å². The summed E-state index contributed by atoms with van der Waals surface area (Å²) in [4.78, 5) is 13.6. The van der Waals surface area contributed by atoms with Gasteiger partial charge in [-0.05, 0) is 53.8 Å². The van der Waals surface area contributed by atoms with Gasteiger partial charge in [-0.15, -0.1) is 0 Å². The van der Waals surface area contributed by atoms with E-state index in [-0.39, 0.29) is 17.5 Å². The maximum absolute atomic E-state index is 13.6. The van der Waals surface area contributed by atoms with Crippen LogP contribution in [-0.4, -0.2) is 18.0 Å². The molecule has 3 aromatic rings. The van der Waals surface area contributed by atoms with Crippen molar-refractivity contribution < 1.29 is 14.6 Å². The minimum Gasteiger partial charge on any atom is -0.504 e. The number of carbonyl (C=O) groups is 1. The zero-order chi connectivity index (χ0) is 22.2. The van der Waals surface area contributed by atoms with E-state index >= 15 is 0 Å². The van der Waals surface area contributed by atoms with E-state index in [1.54, 1.807) is 12.1 Å². The Hall–Kier alpha value is -3.44. The molecule has 5 nitrogen and oxygen atoms in total. The Balaban J connectivity index is 1.62. The summed E-state index contributed by atoms with van der Waals surface area (Å²) < 4.78 is 5.20. The number of rotatable bonds is 3. The summed E-state index contributed by atoms with van der Waals surface area (Å²) in [5.74, 6) is 0.488. The number of Topliss-reactive ketones (excluding diaryl/α,β-unsaturated/α-hetero) is 1.